The molecular formula is C3H4KNO4. The summed E-state index contributed by atoms with van der Waals surface area (Å²) < 4.78 is 0. The van der Waals surface area contributed by atoms with E-state index in [0.29, 0.717) is 0 Å². The Morgan fingerprint density at radius 1 is 1.78 bits per heavy atom. The Balaban J connectivity index is 0. The molecule has 0 heterocycles. The molecule has 9 heavy (non-hydrogen) atoms. The molecule has 0 aliphatic rings. The van der Waals surface area contributed by atoms with Gasteiger partial charge in [-0.2, -0.15) is 0 Å². The van der Waals surface area contributed by atoms with Crippen molar-refractivity contribution >= 4 is 12.4 Å². The molecule has 0 saturated carbocycles. The first kappa shape index (κ1) is 12.2. The van der Waals surface area contributed by atoms with Crippen molar-refractivity contribution in [2.75, 3.05) is 6.54 Å². The minimum Gasteiger partial charge on any atom is -0.548 e. The minimum atomic E-state index is -1.50. The van der Waals surface area contributed by atoms with Crippen LogP contribution in [-0.2, 0) is 9.59 Å². The van der Waals surface area contributed by atoms with Gasteiger partial charge < -0.3 is 9.90 Å². The number of rotatable bonds is 3. The van der Waals surface area contributed by atoms with E-state index in [1.165, 1.54) is 0 Å². The fraction of sp³-hybridized carbons (Fsp3) is 0.333. The van der Waals surface area contributed by atoms with E-state index in [9.17, 15) is 14.7 Å². The van der Waals surface area contributed by atoms with E-state index >= 15 is 0 Å². The third-order valence-corrected chi connectivity index (χ3v) is 0.413. The fourth-order valence-corrected chi connectivity index (χ4v) is 0.170. The fourth-order valence-electron chi connectivity index (χ4n) is 0.170. The number of hydrogen-bond donors (Lipinski definition) is 1. The van der Waals surface area contributed by atoms with Gasteiger partial charge in [-0.1, -0.05) is 0 Å². The van der Waals surface area contributed by atoms with E-state index in [1.807, 2.05) is 0 Å². The number of carbonyl (C=O) groups excluding carboxylic acids is 2. The first-order valence-electron chi connectivity index (χ1n) is 1.77. The number of carbonyl (C=O) groups is 2. The van der Waals surface area contributed by atoms with Crippen LogP contribution in [-0.4, -0.2) is 29.2 Å². The van der Waals surface area contributed by atoms with E-state index in [2.05, 4.69) is 0 Å². The molecule has 0 radical (unpaired) electrons. The summed E-state index contributed by atoms with van der Waals surface area (Å²) in [5.41, 5.74) is 0. The van der Waals surface area contributed by atoms with Gasteiger partial charge in [-0.3, -0.25) is 10.0 Å². The summed E-state index contributed by atoms with van der Waals surface area (Å²) in [5, 5.41) is 17.6. The molecule has 5 nitrogen and oxygen atoms in total. The maximum Gasteiger partial charge on any atom is 1.00 e. The van der Waals surface area contributed by atoms with Crippen LogP contribution in [0.3, 0.4) is 0 Å². The molecule has 0 saturated heterocycles. The Kier molecular flexibility index (Phi) is 9.05. The van der Waals surface area contributed by atoms with Gasteiger partial charge in [0.25, 0.3) is 0 Å². The Morgan fingerprint density at radius 3 is 2.33 bits per heavy atom. The van der Waals surface area contributed by atoms with Gasteiger partial charge in [-0.15, -0.1) is 0 Å². The van der Waals surface area contributed by atoms with Crippen molar-refractivity contribution in [3.05, 3.63) is 0 Å². The van der Waals surface area contributed by atoms with Gasteiger partial charge in [0.2, 0.25) is 6.41 Å². The number of amides is 1. The van der Waals surface area contributed by atoms with Gasteiger partial charge in [-0.05, 0) is 0 Å². The second-order valence-corrected chi connectivity index (χ2v) is 1.07. The second kappa shape index (κ2) is 6.65. The molecule has 0 rings (SSSR count). The number of nitrogens with zero attached hydrogens (tertiary/aromatic N) is 1. The van der Waals surface area contributed by atoms with Crippen molar-refractivity contribution in [1.29, 1.82) is 0 Å². The normalized spacial score (nSPS) is 7.22. The zero-order chi connectivity index (χ0) is 6.57. The monoisotopic (exact) mass is 157 g/mol. The van der Waals surface area contributed by atoms with Gasteiger partial charge >= 0.3 is 51.4 Å². The third kappa shape index (κ3) is 8.54. The zero-order valence-electron chi connectivity index (χ0n) is 4.90. The third-order valence-electron chi connectivity index (χ3n) is 0.413. The first-order valence-corrected chi connectivity index (χ1v) is 1.77. The van der Waals surface area contributed by atoms with Crippen molar-refractivity contribution in [2.45, 2.75) is 0 Å². The SMILES string of the molecule is O=CN(O)CC(=O)[O-].[K+]. The summed E-state index contributed by atoms with van der Waals surface area (Å²) in [6, 6.07) is 0. The van der Waals surface area contributed by atoms with E-state index in [0.717, 1.165) is 0 Å². The molecule has 6 heteroatoms. The predicted molar refractivity (Wildman–Crippen MR) is 19.6 cm³/mol. The van der Waals surface area contributed by atoms with Crippen molar-refractivity contribution < 1.29 is 71.3 Å². The smallest absolute Gasteiger partial charge is 0.548 e. The molecule has 0 fully saturated rings. The molecule has 0 aromatic heterocycles. The van der Waals surface area contributed by atoms with Gasteiger partial charge in [-0.25, -0.2) is 5.06 Å². The van der Waals surface area contributed by atoms with Crippen LogP contribution in [0, 0.1) is 0 Å². The molecule has 0 aliphatic carbocycles. The molecule has 0 bridgehead atoms. The van der Waals surface area contributed by atoms with Crippen LogP contribution in [0.15, 0.2) is 0 Å². The van der Waals surface area contributed by atoms with Crippen LogP contribution in [0.1, 0.15) is 0 Å². The summed E-state index contributed by atoms with van der Waals surface area (Å²) in [6.07, 6.45) is -0.0181. The molecule has 1 N–H and O–H groups in total. The molecular weight excluding hydrogens is 153 g/mol. The van der Waals surface area contributed by atoms with Gasteiger partial charge in [0.1, 0.15) is 0 Å². The van der Waals surface area contributed by atoms with Gasteiger partial charge in [0, 0.05) is 0 Å². The van der Waals surface area contributed by atoms with Crippen molar-refractivity contribution in [3.8, 4) is 0 Å². The maximum atomic E-state index is 9.50. The van der Waals surface area contributed by atoms with E-state index < -0.39 is 12.5 Å². The Morgan fingerprint density at radius 2 is 2.22 bits per heavy atom. The number of hydrogen-bond acceptors (Lipinski definition) is 4. The molecule has 1 amide bonds. The number of carboxylic acids is 1. The Bertz CT molecular complexity index is 106. The largest absolute Gasteiger partial charge is 1.00 e. The molecule has 0 atom stereocenters. The van der Waals surface area contributed by atoms with Crippen LogP contribution >= 0.6 is 0 Å². The molecule has 0 aromatic carbocycles. The van der Waals surface area contributed by atoms with E-state index in [-0.39, 0.29) is 62.9 Å². The standard InChI is InChI=1S/C3H5NO4.K/c5-2-4(8)1-3(6)7;/h2,8H,1H2,(H,6,7);/q;+1/p-1. The van der Waals surface area contributed by atoms with Crippen molar-refractivity contribution in [2.24, 2.45) is 0 Å². The van der Waals surface area contributed by atoms with Crippen molar-refractivity contribution in [3.63, 3.8) is 0 Å². The van der Waals surface area contributed by atoms with Gasteiger partial charge in [0.15, 0.2) is 0 Å². The average Bonchev–Trinajstić information content (AvgIpc) is 1.65. The van der Waals surface area contributed by atoms with Gasteiger partial charge in [0.05, 0.1) is 12.5 Å². The Hall–Kier alpha value is 0.536. The molecule has 0 aromatic rings. The quantitative estimate of drug-likeness (QED) is 0.192. The van der Waals surface area contributed by atoms with Crippen LogP contribution < -0.4 is 56.5 Å². The van der Waals surface area contributed by atoms with Crippen LogP contribution in [0.25, 0.3) is 0 Å². The summed E-state index contributed by atoms with van der Waals surface area (Å²) in [4.78, 5) is 18.9. The van der Waals surface area contributed by atoms with Crippen LogP contribution in [0.5, 0.6) is 0 Å². The summed E-state index contributed by atoms with van der Waals surface area (Å²) in [6.45, 7) is -0.788. The molecule has 0 unspecified atom stereocenters. The van der Waals surface area contributed by atoms with E-state index in [1.54, 1.807) is 0 Å². The number of hydroxylamine groups is 2. The maximum absolute atomic E-state index is 9.50. The first-order chi connectivity index (χ1) is 3.66. The average molecular weight is 157 g/mol. The number of aliphatic carboxylic acids is 1. The summed E-state index contributed by atoms with van der Waals surface area (Å²) in [5.74, 6) is -1.50. The zero-order valence-corrected chi connectivity index (χ0v) is 8.03. The van der Waals surface area contributed by atoms with Crippen LogP contribution in [0.4, 0.5) is 0 Å². The van der Waals surface area contributed by atoms with Crippen molar-refractivity contribution in [1.82, 2.24) is 5.06 Å². The second-order valence-electron chi connectivity index (χ2n) is 1.07. The predicted octanol–water partition coefficient (Wildman–Crippen LogP) is -5.41. The number of carboxylic acid groups (broad SMARTS) is 1. The minimum absolute atomic E-state index is 0. The Labute approximate surface area is 94.0 Å². The summed E-state index contributed by atoms with van der Waals surface area (Å²) in [7, 11) is 0. The van der Waals surface area contributed by atoms with Crippen LogP contribution in [0.2, 0.25) is 0 Å². The molecule has 0 aliphatic heterocycles. The summed E-state index contributed by atoms with van der Waals surface area (Å²) >= 11 is 0. The topological polar surface area (TPSA) is 80.7 Å². The van der Waals surface area contributed by atoms with E-state index in [4.69, 9.17) is 5.21 Å². The molecule has 0 spiro atoms. The molecule has 46 valence electrons.